The van der Waals surface area contributed by atoms with E-state index in [-0.39, 0.29) is 11.5 Å². The van der Waals surface area contributed by atoms with Gasteiger partial charge in [0, 0.05) is 40.5 Å². The summed E-state index contributed by atoms with van der Waals surface area (Å²) in [5.41, 5.74) is 3.11. The van der Waals surface area contributed by atoms with E-state index >= 15 is 0 Å². The van der Waals surface area contributed by atoms with Crippen molar-refractivity contribution < 1.29 is 17.0 Å². The average Bonchev–Trinajstić information content (AvgIpc) is 3.62. The molecule has 0 amide bonds. The number of nitrogens with one attached hydrogen (secondary N) is 1. The van der Waals surface area contributed by atoms with Gasteiger partial charge in [-0.1, -0.05) is 6.07 Å². The van der Waals surface area contributed by atoms with Gasteiger partial charge in [-0.25, -0.2) is 0 Å². The van der Waals surface area contributed by atoms with E-state index in [4.69, 9.17) is 4.74 Å². The van der Waals surface area contributed by atoms with Crippen molar-refractivity contribution in [3.05, 3.63) is 64.6 Å². The van der Waals surface area contributed by atoms with Crippen LogP contribution in [0.5, 0.6) is 5.75 Å². The van der Waals surface area contributed by atoms with E-state index in [1.807, 2.05) is 0 Å². The zero-order valence-electron chi connectivity index (χ0n) is 18.4. The number of halogens is 1. The average molecular weight is 489 g/mol. The second-order valence-corrected chi connectivity index (χ2v) is 9.91. The van der Waals surface area contributed by atoms with Crippen LogP contribution in [0.4, 0.5) is 3.89 Å². The molecule has 1 aliphatic rings. The summed E-state index contributed by atoms with van der Waals surface area (Å²) < 4.78 is 44.2. The molecular formula is C25H17FN4O4S. The van der Waals surface area contributed by atoms with Gasteiger partial charge in [0.15, 0.2) is 5.43 Å². The van der Waals surface area contributed by atoms with E-state index in [1.54, 1.807) is 30.3 Å². The van der Waals surface area contributed by atoms with Crippen LogP contribution >= 0.6 is 0 Å². The Hall–Kier alpha value is -4.23. The van der Waals surface area contributed by atoms with Crippen molar-refractivity contribution >= 4 is 43.1 Å². The van der Waals surface area contributed by atoms with Gasteiger partial charge in [-0.2, -0.15) is 13.7 Å². The molecule has 0 aliphatic heterocycles. The summed E-state index contributed by atoms with van der Waals surface area (Å²) in [5, 5.41) is 11.0. The van der Waals surface area contributed by atoms with Crippen LogP contribution in [0.15, 0.2) is 58.5 Å². The molecule has 0 spiro atoms. The minimum atomic E-state index is -4.95. The quantitative estimate of drug-likeness (QED) is 0.370. The van der Waals surface area contributed by atoms with Crippen LogP contribution in [0, 0.1) is 11.3 Å². The smallest absolute Gasteiger partial charge is 0.333 e. The topological polar surface area (TPSA) is 118 Å². The van der Waals surface area contributed by atoms with Crippen LogP contribution in [0.3, 0.4) is 0 Å². The number of benzene rings is 2. The predicted octanol–water partition coefficient (Wildman–Crippen LogP) is 4.57. The number of hydrogen-bond donors (Lipinski definition) is 1. The van der Waals surface area contributed by atoms with Crippen LogP contribution in [-0.2, 0) is 10.2 Å². The lowest BCUT2D eigenvalue weighted by molar-refractivity contribution is 0.417. The number of nitriles is 1. The lowest BCUT2D eigenvalue weighted by Crippen LogP contribution is -2.11. The molecule has 10 heteroatoms. The Morgan fingerprint density at radius 1 is 1.17 bits per heavy atom. The number of H-pyrrole nitrogens is 1. The summed E-state index contributed by atoms with van der Waals surface area (Å²) >= 11 is 0. The Morgan fingerprint density at radius 3 is 2.66 bits per heavy atom. The van der Waals surface area contributed by atoms with Crippen molar-refractivity contribution in [2.24, 2.45) is 0 Å². The molecule has 1 N–H and O–H groups in total. The van der Waals surface area contributed by atoms with Gasteiger partial charge in [-0.05, 0) is 43.2 Å². The summed E-state index contributed by atoms with van der Waals surface area (Å²) in [6.07, 6.45) is 4.23. The van der Waals surface area contributed by atoms with Crippen molar-refractivity contribution in [1.82, 2.24) is 14.5 Å². The van der Waals surface area contributed by atoms with Crippen LogP contribution in [0.1, 0.15) is 24.4 Å². The first kappa shape index (κ1) is 21.3. The van der Waals surface area contributed by atoms with Gasteiger partial charge < -0.3 is 14.3 Å². The van der Waals surface area contributed by atoms with Crippen LogP contribution in [0.2, 0.25) is 0 Å². The maximum atomic E-state index is 13.7. The SMILES string of the molecule is COc1cc2c(=O)c3c4ccc(C#N)cc4[nH]c3n(C3CC3)c2cc1-c1cncc(S(=O)(=O)F)c1. The van der Waals surface area contributed by atoms with Crippen molar-refractivity contribution in [3.63, 3.8) is 0 Å². The zero-order valence-corrected chi connectivity index (χ0v) is 19.2. The molecular weight excluding hydrogens is 471 g/mol. The molecule has 3 heterocycles. The predicted molar refractivity (Wildman–Crippen MR) is 129 cm³/mol. The molecule has 1 saturated carbocycles. The first-order valence-corrected chi connectivity index (χ1v) is 12.2. The summed E-state index contributed by atoms with van der Waals surface area (Å²) in [6.45, 7) is 0. The van der Waals surface area contributed by atoms with E-state index < -0.39 is 15.1 Å². The number of aromatic amines is 1. The second-order valence-electron chi connectivity index (χ2n) is 8.57. The second kappa shape index (κ2) is 7.38. The third-order valence-corrected chi connectivity index (χ3v) is 7.20. The summed E-state index contributed by atoms with van der Waals surface area (Å²) in [7, 11) is -3.50. The Balaban J connectivity index is 1.73. The molecule has 5 aromatic rings. The monoisotopic (exact) mass is 488 g/mol. The molecule has 0 radical (unpaired) electrons. The van der Waals surface area contributed by atoms with E-state index in [1.165, 1.54) is 19.4 Å². The highest BCUT2D eigenvalue weighted by Crippen LogP contribution is 2.42. The highest BCUT2D eigenvalue weighted by molar-refractivity contribution is 7.86. The number of fused-ring (bicyclic) bond motifs is 4. The summed E-state index contributed by atoms with van der Waals surface area (Å²) in [6, 6.07) is 12.0. The number of rotatable bonds is 4. The van der Waals surface area contributed by atoms with Gasteiger partial charge >= 0.3 is 10.2 Å². The zero-order chi connectivity index (χ0) is 24.5. The lowest BCUT2D eigenvalue weighted by atomic mass is 10.0. The number of nitrogens with zero attached hydrogens (tertiary/aromatic N) is 3. The number of hydrogen-bond acceptors (Lipinski definition) is 6. The van der Waals surface area contributed by atoms with Gasteiger partial charge in [0.05, 0.1) is 35.0 Å². The van der Waals surface area contributed by atoms with E-state index in [0.29, 0.717) is 49.9 Å². The number of methoxy groups -OCH3 is 1. The normalized spacial score (nSPS) is 14.0. The highest BCUT2D eigenvalue weighted by atomic mass is 32.3. The van der Waals surface area contributed by atoms with Crippen LogP contribution in [0.25, 0.3) is 44.0 Å². The van der Waals surface area contributed by atoms with Gasteiger partial charge in [-0.15, -0.1) is 3.89 Å². The summed E-state index contributed by atoms with van der Waals surface area (Å²) in [5.74, 6) is 0.332. The maximum absolute atomic E-state index is 13.7. The fourth-order valence-electron chi connectivity index (χ4n) is 4.67. The van der Waals surface area contributed by atoms with Gasteiger partial charge in [-0.3, -0.25) is 9.78 Å². The Morgan fingerprint density at radius 2 is 1.97 bits per heavy atom. The third kappa shape index (κ3) is 3.27. The molecule has 6 rings (SSSR count). The fraction of sp³-hybridized carbons (Fsp3) is 0.160. The van der Waals surface area contributed by atoms with Crippen LogP contribution in [-0.4, -0.2) is 30.1 Å². The molecule has 0 unspecified atom stereocenters. The molecule has 0 atom stereocenters. The minimum absolute atomic E-state index is 0.168. The standard InChI is InChI=1S/C25H17FN4O4S/c1-34-22-9-19-21(8-18(22)14-7-16(12-28-11-14)35(26,32)33)30(15-3-4-15)25-23(24(19)31)17-5-2-13(10-27)6-20(17)29-25/h2,5-9,11-12,15,29H,3-4H2,1H3. The van der Waals surface area contributed by atoms with E-state index in [0.717, 1.165) is 24.4 Å². The van der Waals surface area contributed by atoms with E-state index in [9.17, 15) is 22.4 Å². The molecule has 1 fully saturated rings. The molecule has 174 valence electrons. The first-order chi connectivity index (χ1) is 16.8. The van der Waals surface area contributed by atoms with Crippen molar-refractivity contribution in [2.75, 3.05) is 7.11 Å². The maximum Gasteiger partial charge on any atom is 0.333 e. The summed E-state index contributed by atoms with van der Waals surface area (Å²) in [4.78, 5) is 20.4. The van der Waals surface area contributed by atoms with Gasteiger partial charge in [0.2, 0.25) is 0 Å². The highest BCUT2D eigenvalue weighted by Gasteiger charge is 2.29. The largest absolute Gasteiger partial charge is 0.496 e. The third-order valence-electron chi connectivity index (χ3n) is 6.42. The molecule has 35 heavy (non-hydrogen) atoms. The van der Waals surface area contributed by atoms with Gasteiger partial charge in [0.1, 0.15) is 16.3 Å². The number of aromatic nitrogens is 3. The van der Waals surface area contributed by atoms with Crippen molar-refractivity contribution in [1.29, 1.82) is 5.26 Å². The van der Waals surface area contributed by atoms with Crippen molar-refractivity contribution in [3.8, 4) is 22.9 Å². The molecule has 2 aromatic carbocycles. The molecule has 0 bridgehead atoms. The Bertz CT molecular complexity index is 1910. The lowest BCUT2D eigenvalue weighted by Gasteiger charge is -2.16. The minimum Gasteiger partial charge on any atom is -0.496 e. The van der Waals surface area contributed by atoms with Crippen molar-refractivity contribution in [2.45, 2.75) is 23.8 Å². The van der Waals surface area contributed by atoms with Gasteiger partial charge in [0.25, 0.3) is 0 Å². The van der Waals surface area contributed by atoms with E-state index in [2.05, 4.69) is 20.6 Å². The molecule has 3 aromatic heterocycles. The van der Waals surface area contributed by atoms with Crippen LogP contribution < -0.4 is 10.2 Å². The molecule has 8 nitrogen and oxygen atoms in total. The number of pyridine rings is 2. The molecule has 0 saturated heterocycles. The Kier molecular flexibility index (Phi) is 4.50. The number of ether oxygens (including phenoxy) is 1. The Labute approximate surface area is 198 Å². The fourth-order valence-corrected chi connectivity index (χ4v) is 5.13. The molecule has 1 aliphatic carbocycles. The first-order valence-electron chi connectivity index (χ1n) is 10.8.